The topological polar surface area (TPSA) is 36.3 Å². The van der Waals surface area contributed by atoms with Crippen LogP contribution in [0.5, 0.6) is 11.8 Å². The van der Waals surface area contributed by atoms with E-state index >= 15 is 0 Å². The Morgan fingerprint density at radius 3 is 2.40 bits per heavy atom. The second-order valence-corrected chi connectivity index (χ2v) is 13.0. The van der Waals surface area contributed by atoms with Gasteiger partial charge in [0.25, 0.3) is 0 Å². The molecule has 0 aliphatic rings. The average molecular weight is 355 g/mol. The third-order valence-electron chi connectivity index (χ3n) is 4.03. The first-order valence-electron chi connectivity index (χ1n) is 8.79. The third-order valence-corrected chi connectivity index (χ3v) is 5.73. The van der Waals surface area contributed by atoms with Crippen molar-refractivity contribution in [2.75, 3.05) is 13.2 Å². The van der Waals surface area contributed by atoms with Crippen LogP contribution in [0.25, 0.3) is 11.0 Å². The molecule has 0 saturated carbocycles. The summed E-state index contributed by atoms with van der Waals surface area (Å²) in [5.41, 5.74) is 2.01. The number of para-hydroxylation sites is 3. The van der Waals surface area contributed by atoms with Gasteiger partial charge in [-0.05, 0) is 30.3 Å². The summed E-state index contributed by atoms with van der Waals surface area (Å²) in [4.78, 5) is 4.64. The lowest BCUT2D eigenvalue weighted by Gasteiger charge is -2.16. The van der Waals surface area contributed by atoms with Crippen molar-refractivity contribution in [1.29, 1.82) is 0 Å². The van der Waals surface area contributed by atoms with E-state index < -0.39 is 8.07 Å². The molecule has 2 aromatic carbocycles. The SMILES string of the molecule is C[Si](C)(C)CCOCCn1c(Oc2ccccc2)nc2ccccc21. The summed E-state index contributed by atoms with van der Waals surface area (Å²) in [6.07, 6.45) is 0. The lowest BCUT2D eigenvalue weighted by Crippen LogP contribution is -2.22. The van der Waals surface area contributed by atoms with Crippen molar-refractivity contribution in [1.82, 2.24) is 9.55 Å². The Balaban J connectivity index is 1.72. The van der Waals surface area contributed by atoms with Crippen LogP contribution in [0.3, 0.4) is 0 Å². The van der Waals surface area contributed by atoms with Gasteiger partial charge in [-0.15, -0.1) is 0 Å². The predicted octanol–water partition coefficient (Wildman–Crippen LogP) is 5.18. The molecule has 1 aromatic heterocycles. The molecule has 0 fully saturated rings. The number of fused-ring (bicyclic) bond motifs is 1. The first-order chi connectivity index (χ1) is 12.0. The van der Waals surface area contributed by atoms with Gasteiger partial charge in [-0.2, -0.15) is 4.98 Å². The molecule has 0 amide bonds. The molecule has 5 heteroatoms. The van der Waals surface area contributed by atoms with Gasteiger partial charge >= 0.3 is 6.01 Å². The molecule has 0 saturated heterocycles. The maximum absolute atomic E-state index is 6.01. The molecule has 0 aliphatic carbocycles. The van der Waals surface area contributed by atoms with Crippen LogP contribution in [0.15, 0.2) is 54.6 Å². The summed E-state index contributed by atoms with van der Waals surface area (Å²) in [6, 6.07) is 19.7. The van der Waals surface area contributed by atoms with E-state index in [4.69, 9.17) is 9.47 Å². The van der Waals surface area contributed by atoms with Crippen molar-refractivity contribution in [2.45, 2.75) is 32.2 Å². The highest BCUT2D eigenvalue weighted by Crippen LogP contribution is 2.25. The Hall–Kier alpha value is -2.11. The summed E-state index contributed by atoms with van der Waals surface area (Å²) >= 11 is 0. The number of hydrogen-bond acceptors (Lipinski definition) is 3. The van der Waals surface area contributed by atoms with Crippen molar-refractivity contribution >= 4 is 19.1 Å². The molecule has 25 heavy (non-hydrogen) atoms. The molecule has 1 heterocycles. The summed E-state index contributed by atoms with van der Waals surface area (Å²) in [6.45, 7) is 9.32. The van der Waals surface area contributed by atoms with Crippen LogP contribution < -0.4 is 4.74 Å². The van der Waals surface area contributed by atoms with Gasteiger partial charge in [-0.1, -0.05) is 50.0 Å². The Morgan fingerprint density at radius 2 is 1.64 bits per heavy atom. The van der Waals surface area contributed by atoms with Gasteiger partial charge in [0.2, 0.25) is 0 Å². The van der Waals surface area contributed by atoms with Gasteiger partial charge in [-0.25, -0.2) is 0 Å². The monoisotopic (exact) mass is 354 g/mol. The molecule has 0 atom stereocenters. The molecule has 0 bridgehead atoms. The van der Waals surface area contributed by atoms with E-state index in [1.165, 1.54) is 6.04 Å². The lowest BCUT2D eigenvalue weighted by atomic mass is 10.3. The fourth-order valence-electron chi connectivity index (χ4n) is 2.58. The maximum atomic E-state index is 6.01. The minimum atomic E-state index is -1.05. The van der Waals surface area contributed by atoms with Crippen molar-refractivity contribution < 1.29 is 9.47 Å². The fourth-order valence-corrected chi connectivity index (χ4v) is 3.33. The van der Waals surface area contributed by atoms with E-state index in [0.717, 1.165) is 29.9 Å². The highest BCUT2D eigenvalue weighted by molar-refractivity contribution is 6.76. The van der Waals surface area contributed by atoms with Crippen LogP contribution in [0.4, 0.5) is 0 Å². The van der Waals surface area contributed by atoms with E-state index in [1.807, 2.05) is 48.5 Å². The van der Waals surface area contributed by atoms with Gasteiger partial charge in [0, 0.05) is 14.7 Å². The minimum Gasteiger partial charge on any atom is -0.425 e. The fraction of sp³-hybridized carbons (Fsp3) is 0.350. The van der Waals surface area contributed by atoms with Crippen molar-refractivity contribution in [3.05, 3.63) is 54.6 Å². The van der Waals surface area contributed by atoms with Gasteiger partial charge in [0.05, 0.1) is 24.2 Å². The maximum Gasteiger partial charge on any atom is 0.303 e. The normalized spacial score (nSPS) is 11.8. The van der Waals surface area contributed by atoms with Gasteiger partial charge in [0.1, 0.15) is 5.75 Å². The van der Waals surface area contributed by atoms with Gasteiger partial charge < -0.3 is 9.47 Å². The van der Waals surface area contributed by atoms with Crippen molar-refractivity contribution in [3.63, 3.8) is 0 Å². The summed E-state index contributed by atoms with van der Waals surface area (Å²) in [7, 11) is -1.05. The van der Waals surface area contributed by atoms with Crippen molar-refractivity contribution in [2.24, 2.45) is 0 Å². The average Bonchev–Trinajstić information content (AvgIpc) is 2.92. The lowest BCUT2D eigenvalue weighted by molar-refractivity contribution is 0.137. The molecule has 0 unspecified atom stereocenters. The molecule has 0 radical (unpaired) electrons. The molecular formula is C20H26N2O2Si. The molecule has 4 nitrogen and oxygen atoms in total. The molecule has 132 valence electrons. The quantitative estimate of drug-likeness (QED) is 0.413. The molecular weight excluding hydrogens is 328 g/mol. The van der Waals surface area contributed by atoms with Gasteiger partial charge in [0.15, 0.2) is 0 Å². The number of aromatic nitrogens is 2. The van der Waals surface area contributed by atoms with E-state index in [9.17, 15) is 0 Å². The van der Waals surface area contributed by atoms with Crippen LogP contribution in [0.1, 0.15) is 0 Å². The van der Waals surface area contributed by atoms with E-state index in [2.05, 4.69) is 35.3 Å². The van der Waals surface area contributed by atoms with Gasteiger partial charge in [-0.3, -0.25) is 4.57 Å². The Labute approximate surface area is 150 Å². The molecule has 3 rings (SSSR count). The summed E-state index contributed by atoms with van der Waals surface area (Å²) in [5, 5.41) is 0. The van der Waals surface area contributed by atoms with Crippen molar-refractivity contribution in [3.8, 4) is 11.8 Å². The van der Waals surface area contributed by atoms with E-state index in [1.54, 1.807) is 0 Å². The zero-order valence-corrected chi connectivity index (χ0v) is 16.2. The Bertz CT molecular complexity index is 809. The third kappa shape index (κ3) is 4.93. The van der Waals surface area contributed by atoms with Crippen LogP contribution in [0.2, 0.25) is 25.7 Å². The number of benzene rings is 2. The van der Waals surface area contributed by atoms with Crippen LogP contribution >= 0.6 is 0 Å². The largest absolute Gasteiger partial charge is 0.425 e. The number of imidazole rings is 1. The number of rotatable bonds is 8. The molecule has 0 spiro atoms. The second-order valence-electron chi connectivity index (χ2n) is 7.37. The van der Waals surface area contributed by atoms with E-state index in [0.29, 0.717) is 12.6 Å². The first-order valence-corrected chi connectivity index (χ1v) is 12.5. The zero-order valence-electron chi connectivity index (χ0n) is 15.2. The number of nitrogens with zero attached hydrogens (tertiary/aromatic N) is 2. The van der Waals surface area contributed by atoms with Crippen LogP contribution in [-0.4, -0.2) is 30.8 Å². The standard InChI is InChI=1S/C20H26N2O2Si/c1-25(2,3)16-15-23-14-13-22-19-12-8-7-11-18(19)21-20(22)24-17-9-5-4-6-10-17/h4-12H,13-16H2,1-3H3. The Kier molecular flexibility index (Phi) is 5.55. The highest BCUT2D eigenvalue weighted by atomic mass is 28.3. The number of ether oxygens (including phenoxy) is 2. The van der Waals surface area contributed by atoms with Crippen LogP contribution in [-0.2, 0) is 11.3 Å². The smallest absolute Gasteiger partial charge is 0.303 e. The number of hydrogen-bond donors (Lipinski definition) is 0. The van der Waals surface area contributed by atoms with E-state index in [-0.39, 0.29) is 0 Å². The summed E-state index contributed by atoms with van der Waals surface area (Å²) < 4.78 is 14.0. The molecule has 0 aliphatic heterocycles. The highest BCUT2D eigenvalue weighted by Gasteiger charge is 2.14. The van der Waals surface area contributed by atoms with Crippen LogP contribution in [0, 0.1) is 0 Å². The summed E-state index contributed by atoms with van der Waals surface area (Å²) in [5.74, 6) is 0.790. The first kappa shape index (κ1) is 17.7. The second kappa shape index (κ2) is 7.85. The predicted molar refractivity (Wildman–Crippen MR) is 105 cm³/mol. The Morgan fingerprint density at radius 1 is 0.920 bits per heavy atom. The zero-order chi connectivity index (χ0) is 17.7. The molecule has 0 N–H and O–H groups in total. The minimum absolute atomic E-state index is 0.612. The molecule has 3 aromatic rings.